The Balaban J connectivity index is 0.000000431. The average Bonchev–Trinajstić information content (AvgIpc) is 3.62. The molecule has 2 aliphatic rings. The maximum absolute atomic E-state index is 14.8. The van der Waals surface area contributed by atoms with Crippen molar-refractivity contribution in [2.75, 3.05) is 19.6 Å². The molecule has 0 spiro atoms. The number of pyridine rings is 1. The first-order chi connectivity index (χ1) is 19.6. The van der Waals surface area contributed by atoms with Gasteiger partial charge in [-0.2, -0.15) is 13.2 Å². The average molecular weight is 588 g/mol. The first-order valence-corrected chi connectivity index (χ1v) is 14.2. The summed E-state index contributed by atoms with van der Waals surface area (Å²) in [5.41, 5.74) is 4.07. The molecule has 4 aromatic rings. The molecule has 6 rings (SSSR count). The number of carbonyl (C=O) groups is 1. The molecule has 216 valence electrons. The van der Waals surface area contributed by atoms with Gasteiger partial charge in [0.2, 0.25) is 0 Å². The van der Waals surface area contributed by atoms with Crippen LogP contribution in [0.1, 0.15) is 29.9 Å². The minimum atomic E-state index is -5.08. The highest BCUT2D eigenvalue weighted by atomic mass is 32.1. The number of rotatable bonds is 6. The van der Waals surface area contributed by atoms with Crippen LogP contribution in [-0.2, 0) is 17.9 Å². The Morgan fingerprint density at radius 2 is 1.78 bits per heavy atom. The summed E-state index contributed by atoms with van der Waals surface area (Å²) >= 11 is 1.77. The maximum atomic E-state index is 14.8. The number of thiophene rings is 1. The zero-order chi connectivity index (χ0) is 29.1. The minimum absolute atomic E-state index is 0.0308. The number of hydrogen-bond donors (Lipinski definition) is 2. The van der Waals surface area contributed by atoms with Gasteiger partial charge in [-0.25, -0.2) is 9.18 Å². The van der Waals surface area contributed by atoms with Gasteiger partial charge in [-0.05, 0) is 78.2 Å². The Hall–Kier alpha value is -3.54. The third kappa shape index (κ3) is 6.69. The summed E-state index contributed by atoms with van der Waals surface area (Å²) in [5, 5.41) is 13.9. The highest BCUT2D eigenvalue weighted by Crippen LogP contribution is 2.35. The number of carboxylic acids is 1. The van der Waals surface area contributed by atoms with E-state index >= 15 is 0 Å². The second kappa shape index (κ2) is 12.1. The summed E-state index contributed by atoms with van der Waals surface area (Å²) in [6.07, 6.45) is -2.92. The number of likely N-dealkylation sites (tertiary alicyclic amines) is 1. The molecule has 1 atom stereocenters. The third-order valence-electron chi connectivity index (χ3n) is 7.58. The molecule has 2 N–H and O–H groups in total. The molecular weight excluding hydrogens is 558 g/mol. The standard InChI is InChI=1S/C28H28FN3OS.C2HF3O2/c29-24-8-6-20-7-9-26(33)32-18-22(27(24)28(20)32)17-31-12-10-23(11-13-31)30-16-19-3-1-4-21(15-19)25-5-2-14-34-25;3-2(4,5)1(6)7/h1-9,14-15,22-23,30H,10-13,16-18H2;(H,6,7). The summed E-state index contributed by atoms with van der Waals surface area (Å²) in [5.74, 6) is -2.91. The Morgan fingerprint density at radius 1 is 1.05 bits per heavy atom. The van der Waals surface area contributed by atoms with Crippen LogP contribution in [0.4, 0.5) is 17.6 Å². The normalized spacial score (nSPS) is 17.4. The van der Waals surface area contributed by atoms with Gasteiger partial charge in [0.1, 0.15) is 5.82 Å². The lowest BCUT2D eigenvalue weighted by Crippen LogP contribution is -2.43. The smallest absolute Gasteiger partial charge is 0.475 e. The molecule has 41 heavy (non-hydrogen) atoms. The van der Waals surface area contributed by atoms with E-state index in [1.165, 1.54) is 16.0 Å². The molecule has 2 aromatic carbocycles. The lowest BCUT2D eigenvalue weighted by Gasteiger charge is -2.34. The van der Waals surface area contributed by atoms with Gasteiger partial charge >= 0.3 is 12.1 Å². The van der Waals surface area contributed by atoms with E-state index in [9.17, 15) is 22.4 Å². The van der Waals surface area contributed by atoms with Crippen molar-refractivity contribution in [2.45, 2.75) is 44.1 Å². The number of nitrogens with zero attached hydrogens (tertiary/aromatic N) is 2. The summed E-state index contributed by atoms with van der Waals surface area (Å²) in [4.78, 5) is 25.0. The van der Waals surface area contributed by atoms with Crippen LogP contribution in [0, 0.1) is 5.82 Å². The van der Waals surface area contributed by atoms with Crippen LogP contribution in [0.2, 0.25) is 0 Å². The van der Waals surface area contributed by atoms with Crippen molar-refractivity contribution >= 4 is 28.2 Å². The lowest BCUT2D eigenvalue weighted by atomic mass is 9.96. The Labute approximate surface area is 237 Å². The molecule has 1 unspecified atom stereocenters. The largest absolute Gasteiger partial charge is 0.490 e. The molecule has 0 saturated carbocycles. The van der Waals surface area contributed by atoms with Gasteiger partial charge in [0.25, 0.3) is 5.56 Å². The number of hydrogen-bond acceptors (Lipinski definition) is 5. The zero-order valence-corrected chi connectivity index (χ0v) is 22.9. The molecule has 2 aliphatic heterocycles. The monoisotopic (exact) mass is 587 g/mol. The van der Waals surface area contributed by atoms with Crippen molar-refractivity contribution < 1.29 is 27.5 Å². The Kier molecular flexibility index (Phi) is 8.58. The topological polar surface area (TPSA) is 74.6 Å². The molecule has 2 aromatic heterocycles. The van der Waals surface area contributed by atoms with Crippen molar-refractivity contribution in [1.82, 2.24) is 14.8 Å². The molecule has 0 amide bonds. The molecule has 0 aliphatic carbocycles. The maximum Gasteiger partial charge on any atom is 0.490 e. The first-order valence-electron chi connectivity index (χ1n) is 13.3. The second-order valence-electron chi connectivity index (χ2n) is 10.3. The fourth-order valence-electron chi connectivity index (χ4n) is 5.60. The number of benzene rings is 2. The van der Waals surface area contributed by atoms with Crippen molar-refractivity contribution in [2.24, 2.45) is 0 Å². The van der Waals surface area contributed by atoms with Crippen LogP contribution in [0.3, 0.4) is 0 Å². The summed E-state index contributed by atoms with van der Waals surface area (Å²) < 4.78 is 48.3. The molecule has 11 heteroatoms. The molecule has 1 saturated heterocycles. The minimum Gasteiger partial charge on any atom is -0.475 e. The zero-order valence-electron chi connectivity index (χ0n) is 22.0. The van der Waals surface area contributed by atoms with Crippen molar-refractivity contribution in [3.05, 3.63) is 93.3 Å². The fraction of sp³-hybridized carbons (Fsp3) is 0.333. The van der Waals surface area contributed by atoms with Crippen LogP contribution in [0.15, 0.2) is 70.8 Å². The Morgan fingerprint density at radius 3 is 2.46 bits per heavy atom. The van der Waals surface area contributed by atoms with E-state index in [0.29, 0.717) is 12.6 Å². The molecule has 0 bridgehead atoms. The van der Waals surface area contributed by atoms with Gasteiger partial charge < -0.3 is 19.9 Å². The SMILES string of the molecule is O=C(O)C(F)(F)F.O=c1ccc2ccc(F)c3c2n1CC3CN1CCC(NCc2cccc(-c3cccs3)c2)CC1. The quantitative estimate of drug-likeness (QED) is 0.277. The summed E-state index contributed by atoms with van der Waals surface area (Å²) in [6, 6.07) is 20.3. The number of carboxylic acid groups (broad SMARTS) is 1. The van der Waals surface area contributed by atoms with Gasteiger partial charge in [-0.3, -0.25) is 4.79 Å². The lowest BCUT2D eigenvalue weighted by molar-refractivity contribution is -0.192. The van der Waals surface area contributed by atoms with Crippen molar-refractivity contribution in [3.8, 4) is 10.4 Å². The van der Waals surface area contributed by atoms with Crippen molar-refractivity contribution in [1.29, 1.82) is 0 Å². The highest BCUT2D eigenvalue weighted by molar-refractivity contribution is 7.13. The van der Waals surface area contributed by atoms with E-state index in [2.05, 4.69) is 52.0 Å². The molecule has 1 fully saturated rings. The third-order valence-corrected chi connectivity index (χ3v) is 8.50. The fourth-order valence-corrected chi connectivity index (χ4v) is 6.32. The number of alkyl halides is 3. The molecule has 6 nitrogen and oxygen atoms in total. The first kappa shape index (κ1) is 29.0. The van der Waals surface area contributed by atoms with Gasteiger partial charge in [-0.15, -0.1) is 11.3 Å². The predicted octanol–water partition coefficient (Wildman–Crippen LogP) is 5.85. The summed E-state index contributed by atoms with van der Waals surface area (Å²) in [6.45, 7) is 4.23. The van der Waals surface area contributed by atoms with Crippen LogP contribution < -0.4 is 10.9 Å². The molecular formula is C30H29F4N3O3S. The van der Waals surface area contributed by atoms with E-state index in [-0.39, 0.29) is 17.3 Å². The van der Waals surface area contributed by atoms with E-state index < -0.39 is 12.1 Å². The second-order valence-corrected chi connectivity index (χ2v) is 11.3. The van der Waals surface area contributed by atoms with E-state index in [1.807, 2.05) is 6.07 Å². The number of piperidine rings is 1. The van der Waals surface area contributed by atoms with Crippen LogP contribution in [0.5, 0.6) is 0 Å². The summed E-state index contributed by atoms with van der Waals surface area (Å²) in [7, 11) is 0. The van der Waals surface area contributed by atoms with E-state index in [4.69, 9.17) is 9.90 Å². The number of halogens is 4. The highest BCUT2D eigenvalue weighted by Gasteiger charge is 2.38. The molecule has 4 heterocycles. The van der Waals surface area contributed by atoms with Crippen molar-refractivity contribution in [3.63, 3.8) is 0 Å². The van der Waals surface area contributed by atoms with Gasteiger partial charge in [-0.1, -0.05) is 24.3 Å². The van der Waals surface area contributed by atoms with Gasteiger partial charge in [0.15, 0.2) is 0 Å². The van der Waals surface area contributed by atoms with Gasteiger partial charge in [0.05, 0.1) is 5.52 Å². The number of aromatic nitrogens is 1. The Bertz CT molecular complexity index is 1580. The van der Waals surface area contributed by atoms with E-state index in [1.54, 1.807) is 34.1 Å². The van der Waals surface area contributed by atoms with Crippen LogP contribution in [0.25, 0.3) is 21.3 Å². The van der Waals surface area contributed by atoms with Crippen LogP contribution in [-0.4, -0.2) is 52.4 Å². The number of nitrogens with one attached hydrogen (secondary N) is 1. The predicted molar refractivity (Wildman–Crippen MR) is 151 cm³/mol. The van der Waals surface area contributed by atoms with E-state index in [0.717, 1.165) is 55.5 Å². The van der Waals surface area contributed by atoms with Gasteiger partial charge in [0, 0.05) is 48.1 Å². The van der Waals surface area contributed by atoms with Crippen LogP contribution >= 0.6 is 11.3 Å². The molecule has 0 radical (unpaired) electrons. The number of aliphatic carboxylic acids is 1.